The van der Waals surface area contributed by atoms with Crippen LogP contribution >= 0.6 is 0 Å². The molecule has 3 heteroatoms. The van der Waals surface area contributed by atoms with Gasteiger partial charge in [0.05, 0.1) is 44.1 Å². The molecule has 45 heavy (non-hydrogen) atoms. The zero-order valence-corrected chi connectivity index (χ0v) is 24.1. The Balaban J connectivity index is 1.38. The molecule has 0 radical (unpaired) electrons. The van der Waals surface area contributed by atoms with Crippen molar-refractivity contribution in [3.05, 3.63) is 140 Å². The van der Waals surface area contributed by atoms with Crippen molar-refractivity contribution < 1.29 is 0 Å². The topological polar surface area (TPSA) is 13.8 Å². The van der Waals surface area contributed by atoms with Crippen LogP contribution in [0.5, 0.6) is 0 Å². The predicted molar refractivity (Wildman–Crippen MR) is 190 cm³/mol. The summed E-state index contributed by atoms with van der Waals surface area (Å²) in [5.41, 5.74) is 11.4. The lowest BCUT2D eigenvalue weighted by atomic mass is 10.0. The second-order valence-electron chi connectivity index (χ2n) is 12.5. The highest BCUT2D eigenvalue weighted by atomic mass is 15.0. The van der Waals surface area contributed by atoms with Gasteiger partial charge in [0.2, 0.25) is 0 Å². The van der Waals surface area contributed by atoms with Crippen molar-refractivity contribution in [2.24, 2.45) is 0 Å². The van der Waals surface area contributed by atoms with Crippen LogP contribution in [0.2, 0.25) is 0 Å². The van der Waals surface area contributed by atoms with E-state index >= 15 is 0 Å². The van der Waals surface area contributed by atoms with Gasteiger partial charge < -0.3 is 13.4 Å². The smallest absolute Gasteiger partial charge is 0.0628 e. The minimum Gasteiger partial charge on any atom is -0.309 e. The average molecular weight is 570 g/mol. The highest BCUT2D eigenvalue weighted by molar-refractivity contribution is 6.38. The van der Waals surface area contributed by atoms with Crippen LogP contribution in [0.1, 0.15) is 0 Å². The molecule has 0 bridgehead atoms. The molecule has 12 rings (SSSR count). The third-order valence-corrected chi connectivity index (χ3v) is 10.5. The molecule has 0 saturated heterocycles. The van der Waals surface area contributed by atoms with Crippen LogP contribution in [0.4, 0.5) is 0 Å². The first-order chi connectivity index (χ1) is 22.4. The summed E-state index contributed by atoms with van der Waals surface area (Å²) in [4.78, 5) is 0. The van der Waals surface area contributed by atoms with Gasteiger partial charge in [-0.3, -0.25) is 0 Å². The molecule has 5 heterocycles. The number of hydrogen-bond donors (Lipinski definition) is 0. The number of para-hydroxylation sites is 5. The van der Waals surface area contributed by atoms with E-state index < -0.39 is 0 Å². The Morgan fingerprint density at radius 3 is 1.67 bits per heavy atom. The SMILES string of the molecule is c1ccc(-n2c3ccccc3c3cc4c(cc32)c2cc3c(c5cccc6c7ccccc7n3c65)c3c5ccccc5n4c23)cc1. The number of hydrogen-bond acceptors (Lipinski definition) is 0. The molecule has 0 saturated carbocycles. The lowest BCUT2D eigenvalue weighted by Gasteiger charge is -2.08. The summed E-state index contributed by atoms with van der Waals surface area (Å²) in [7, 11) is 0. The van der Waals surface area contributed by atoms with Crippen LogP contribution in [-0.2, 0) is 0 Å². The first-order valence-electron chi connectivity index (χ1n) is 15.6. The second kappa shape index (κ2) is 7.53. The van der Waals surface area contributed by atoms with Crippen LogP contribution in [0.15, 0.2) is 140 Å². The van der Waals surface area contributed by atoms with E-state index in [1.54, 1.807) is 0 Å². The Morgan fingerprint density at radius 1 is 0.289 bits per heavy atom. The van der Waals surface area contributed by atoms with Crippen LogP contribution in [-0.4, -0.2) is 13.4 Å². The number of benzene rings is 7. The molecule has 0 aliphatic heterocycles. The summed E-state index contributed by atoms with van der Waals surface area (Å²) in [5, 5.41) is 13.1. The molecule has 0 amide bonds. The van der Waals surface area contributed by atoms with Crippen molar-refractivity contribution in [2.75, 3.05) is 0 Å². The highest BCUT2D eigenvalue weighted by Gasteiger charge is 2.26. The molecule has 5 aromatic heterocycles. The lowest BCUT2D eigenvalue weighted by molar-refractivity contribution is 1.18. The molecule has 0 spiro atoms. The first kappa shape index (κ1) is 22.5. The van der Waals surface area contributed by atoms with Gasteiger partial charge >= 0.3 is 0 Å². The van der Waals surface area contributed by atoms with Gasteiger partial charge in [0.1, 0.15) is 0 Å². The largest absolute Gasteiger partial charge is 0.309 e. The zero-order valence-electron chi connectivity index (χ0n) is 24.1. The fourth-order valence-corrected chi connectivity index (χ4v) is 8.79. The maximum Gasteiger partial charge on any atom is 0.0628 e. The Hall–Kier alpha value is -6.06. The van der Waals surface area contributed by atoms with E-state index in [1.807, 2.05) is 0 Å². The van der Waals surface area contributed by atoms with Crippen LogP contribution in [0.25, 0.3) is 104 Å². The Kier molecular flexibility index (Phi) is 3.76. The van der Waals surface area contributed by atoms with Crippen LogP contribution in [0.3, 0.4) is 0 Å². The van der Waals surface area contributed by atoms with E-state index in [2.05, 4.69) is 153 Å². The van der Waals surface area contributed by atoms with Gasteiger partial charge in [-0.05, 0) is 48.5 Å². The molecule has 0 N–H and O–H groups in total. The monoisotopic (exact) mass is 569 g/mol. The third-order valence-electron chi connectivity index (χ3n) is 10.5. The summed E-state index contributed by atoms with van der Waals surface area (Å²) in [6, 6.07) is 51.7. The molecule has 12 aromatic rings. The predicted octanol–water partition coefficient (Wildman–Crippen LogP) is 11.1. The average Bonchev–Trinajstić information content (AvgIpc) is 3.87. The summed E-state index contributed by atoms with van der Waals surface area (Å²) in [5.74, 6) is 0. The molecule has 3 nitrogen and oxygen atoms in total. The highest BCUT2D eigenvalue weighted by Crippen LogP contribution is 2.49. The van der Waals surface area contributed by atoms with Crippen molar-refractivity contribution in [1.82, 2.24) is 13.4 Å². The minimum atomic E-state index is 1.18. The molecule has 0 fully saturated rings. The second-order valence-corrected chi connectivity index (χ2v) is 12.5. The zero-order chi connectivity index (χ0) is 29.0. The van der Waals surface area contributed by atoms with Gasteiger partial charge in [0.25, 0.3) is 0 Å². The van der Waals surface area contributed by atoms with Crippen LogP contribution in [0, 0.1) is 0 Å². The quantitative estimate of drug-likeness (QED) is 0.187. The van der Waals surface area contributed by atoms with Gasteiger partial charge in [-0.25, -0.2) is 0 Å². The van der Waals surface area contributed by atoms with E-state index in [1.165, 1.54) is 104 Å². The molecule has 0 aliphatic carbocycles. The summed E-state index contributed by atoms with van der Waals surface area (Å²) in [6.07, 6.45) is 0. The molecular formula is C42H23N3. The van der Waals surface area contributed by atoms with E-state index in [-0.39, 0.29) is 0 Å². The summed E-state index contributed by atoms with van der Waals surface area (Å²) < 4.78 is 7.49. The van der Waals surface area contributed by atoms with E-state index in [4.69, 9.17) is 0 Å². The normalized spacial score (nSPS) is 12.9. The van der Waals surface area contributed by atoms with E-state index in [0.717, 1.165) is 0 Å². The number of rotatable bonds is 1. The first-order valence-corrected chi connectivity index (χ1v) is 15.6. The van der Waals surface area contributed by atoms with Crippen molar-refractivity contribution in [3.8, 4) is 5.69 Å². The summed E-state index contributed by atoms with van der Waals surface area (Å²) in [6.45, 7) is 0. The Bertz CT molecular complexity index is 3190. The standard InChI is InChI=1S/C42H23N3/c1-2-11-24(12-3-1)43-33-18-7-5-14-26(33)30-21-37-31(22-36(30)43)32-23-38-39(40-28-15-6-9-20-35(28)44(37)42(32)40)29-17-10-16-27-25-13-4-8-19-34(25)45(38)41(27)29/h1-23H. The van der Waals surface area contributed by atoms with Crippen molar-refractivity contribution in [1.29, 1.82) is 0 Å². The Labute approximate surface area is 256 Å². The molecule has 0 atom stereocenters. The molecule has 0 unspecified atom stereocenters. The molecule has 206 valence electrons. The van der Waals surface area contributed by atoms with Gasteiger partial charge in [0.15, 0.2) is 0 Å². The molecule has 7 aromatic carbocycles. The van der Waals surface area contributed by atoms with Gasteiger partial charge in [-0.15, -0.1) is 0 Å². The van der Waals surface area contributed by atoms with E-state index in [9.17, 15) is 0 Å². The van der Waals surface area contributed by atoms with Gasteiger partial charge in [0, 0.05) is 59.5 Å². The Morgan fingerprint density at radius 2 is 0.844 bits per heavy atom. The fraction of sp³-hybridized carbons (Fsp3) is 0. The maximum absolute atomic E-state index is 2.54. The molecule has 0 aliphatic rings. The van der Waals surface area contributed by atoms with E-state index in [0.29, 0.717) is 0 Å². The van der Waals surface area contributed by atoms with Crippen molar-refractivity contribution >= 4 is 98.0 Å². The molecular weight excluding hydrogens is 546 g/mol. The number of aromatic nitrogens is 3. The van der Waals surface area contributed by atoms with Crippen molar-refractivity contribution in [2.45, 2.75) is 0 Å². The number of nitrogens with zero attached hydrogens (tertiary/aromatic N) is 3. The minimum absolute atomic E-state index is 1.18. The van der Waals surface area contributed by atoms with Gasteiger partial charge in [-0.1, -0.05) is 91.0 Å². The van der Waals surface area contributed by atoms with Crippen molar-refractivity contribution in [3.63, 3.8) is 0 Å². The fourth-order valence-electron chi connectivity index (χ4n) is 8.79. The van der Waals surface area contributed by atoms with Gasteiger partial charge in [-0.2, -0.15) is 0 Å². The summed E-state index contributed by atoms with van der Waals surface area (Å²) >= 11 is 0. The lowest BCUT2D eigenvalue weighted by Crippen LogP contribution is -1.92. The maximum atomic E-state index is 2.54. The van der Waals surface area contributed by atoms with Crippen LogP contribution < -0.4 is 0 Å². The number of fused-ring (bicyclic) bond motifs is 16. The third kappa shape index (κ3) is 2.47.